The molecule has 0 saturated carbocycles. The van der Waals surface area contributed by atoms with Crippen LogP contribution in [0.25, 0.3) is 22.2 Å². The first-order valence-corrected chi connectivity index (χ1v) is 9.37. The average Bonchev–Trinajstić information content (AvgIpc) is 2.70. The SMILES string of the molecule is Cc1cccc(-c2cc(C(=O)Nc3c(C)cccc3C)c3ccccc3n2)c1. The summed E-state index contributed by atoms with van der Waals surface area (Å²) < 4.78 is 0. The van der Waals surface area contributed by atoms with E-state index in [0.29, 0.717) is 5.56 Å². The van der Waals surface area contributed by atoms with Crippen molar-refractivity contribution in [1.29, 1.82) is 0 Å². The minimum atomic E-state index is -0.120. The van der Waals surface area contributed by atoms with Crippen molar-refractivity contribution in [3.8, 4) is 11.3 Å². The zero-order valence-corrected chi connectivity index (χ0v) is 16.3. The maximum absolute atomic E-state index is 13.2. The molecule has 3 nitrogen and oxygen atoms in total. The molecule has 0 radical (unpaired) electrons. The number of benzene rings is 3. The van der Waals surface area contributed by atoms with E-state index in [-0.39, 0.29) is 5.91 Å². The number of carbonyl (C=O) groups is 1. The summed E-state index contributed by atoms with van der Waals surface area (Å²) in [6.07, 6.45) is 0. The van der Waals surface area contributed by atoms with Crippen LogP contribution in [0.1, 0.15) is 27.0 Å². The van der Waals surface area contributed by atoms with Gasteiger partial charge in [-0.2, -0.15) is 0 Å². The molecule has 0 aliphatic rings. The summed E-state index contributed by atoms with van der Waals surface area (Å²) in [5.41, 5.74) is 7.37. The third kappa shape index (κ3) is 3.39. The summed E-state index contributed by atoms with van der Waals surface area (Å²) in [4.78, 5) is 18.0. The Kier molecular flexibility index (Phi) is 4.66. The molecule has 1 N–H and O–H groups in total. The zero-order valence-electron chi connectivity index (χ0n) is 16.3. The Balaban J connectivity index is 1.84. The third-order valence-electron chi connectivity index (χ3n) is 4.99. The number of pyridine rings is 1. The smallest absolute Gasteiger partial charge is 0.256 e. The number of nitrogens with zero attached hydrogens (tertiary/aromatic N) is 1. The Morgan fingerprint density at radius 2 is 1.54 bits per heavy atom. The van der Waals surface area contributed by atoms with Gasteiger partial charge in [0.1, 0.15) is 0 Å². The highest BCUT2D eigenvalue weighted by Gasteiger charge is 2.15. The number of hydrogen-bond acceptors (Lipinski definition) is 2. The van der Waals surface area contributed by atoms with Gasteiger partial charge in [0, 0.05) is 16.6 Å². The largest absolute Gasteiger partial charge is 0.321 e. The van der Waals surface area contributed by atoms with Crippen LogP contribution in [-0.2, 0) is 0 Å². The number of anilines is 1. The van der Waals surface area contributed by atoms with Crippen LogP contribution >= 0.6 is 0 Å². The van der Waals surface area contributed by atoms with Crippen molar-refractivity contribution in [1.82, 2.24) is 4.98 Å². The summed E-state index contributed by atoms with van der Waals surface area (Å²) in [5.74, 6) is -0.120. The van der Waals surface area contributed by atoms with Gasteiger partial charge in [0.05, 0.1) is 16.8 Å². The maximum Gasteiger partial charge on any atom is 0.256 e. The van der Waals surface area contributed by atoms with Crippen molar-refractivity contribution in [2.75, 3.05) is 5.32 Å². The van der Waals surface area contributed by atoms with E-state index in [2.05, 4.69) is 24.4 Å². The molecule has 0 saturated heterocycles. The lowest BCUT2D eigenvalue weighted by Crippen LogP contribution is -2.14. The van der Waals surface area contributed by atoms with Crippen LogP contribution in [0, 0.1) is 20.8 Å². The third-order valence-corrected chi connectivity index (χ3v) is 4.99. The van der Waals surface area contributed by atoms with Gasteiger partial charge in [-0.3, -0.25) is 4.79 Å². The van der Waals surface area contributed by atoms with Crippen LogP contribution in [0.3, 0.4) is 0 Å². The molecule has 0 atom stereocenters. The van der Waals surface area contributed by atoms with Crippen molar-refractivity contribution < 1.29 is 4.79 Å². The highest BCUT2D eigenvalue weighted by atomic mass is 16.1. The van der Waals surface area contributed by atoms with E-state index in [9.17, 15) is 4.79 Å². The monoisotopic (exact) mass is 366 g/mol. The number of nitrogens with one attached hydrogen (secondary N) is 1. The summed E-state index contributed by atoms with van der Waals surface area (Å²) in [7, 11) is 0. The molecule has 138 valence electrons. The first-order chi connectivity index (χ1) is 13.5. The van der Waals surface area contributed by atoms with Crippen LogP contribution in [-0.4, -0.2) is 10.9 Å². The quantitative estimate of drug-likeness (QED) is 0.477. The molecule has 4 aromatic rings. The molecular formula is C25H22N2O. The lowest BCUT2D eigenvalue weighted by molar-refractivity contribution is 0.102. The Labute approximate surface area is 165 Å². The van der Waals surface area contributed by atoms with E-state index < -0.39 is 0 Å². The number of amides is 1. The van der Waals surface area contributed by atoms with E-state index >= 15 is 0 Å². The van der Waals surface area contributed by atoms with Crippen molar-refractivity contribution >= 4 is 22.5 Å². The van der Waals surface area contributed by atoms with Crippen molar-refractivity contribution in [2.45, 2.75) is 20.8 Å². The van der Waals surface area contributed by atoms with Crippen LogP contribution in [0.15, 0.2) is 72.8 Å². The van der Waals surface area contributed by atoms with Gasteiger partial charge in [0.15, 0.2) is 0 Å². The van der Waals surface area contributed by atoms with Gasteiger partial charge in [-0.05, 0) is 50.1 Å². The van der Waals surface area contributed by atoms with Gasteiger partial charge in [-0.25, -0.2) is 4.98 Å². The number of para-hydroxylation sites is 2. The molecule has 3 aromatic carbocycles. The van der Waals surface area contributed by atoms with Crippen LogP contribution in [0.2, 0.25) is 0 Å². The summed E-state index contributed by atoms with van der Waals surface area (Å²) in [5, 5.41) is 3.96. The van der Waals surface area contributed by atoms with Crippen LogP contribution < -0.4 is 5.32 Å². The van der Waals surface area contributed by atoms with Crippen LogP contribution in [0.5, 0.6) is 0 Å². The Hall–Kier alpha value is -3.46. The molecular weight excluding hydrogens is 344 g/mol. The van der Waals surface area contributed by atoms with Gasteiger partial charge >= 0.3 is 0 Å². The normalized spacial score (nSPS) is 10.8. The standard InChI is InChI=1S/C25H22N2O/c1-16-8-6-11-19(14-16)23-15-21(20-12-4-5-13-22(20)26-23)25(28)27-24-17(2)9-7-10-18(24)3/h4-15H,1-3H3,(H,27,28). The number of rotatable bonds is 3. The van der Waals surface area contributed by atoms with Gasteiger partial charge in [-0.15, -0.1) is 0 Å². The molecule has 0 aliphatic carbocycles. The fraction of sp³-hybridized carbons (Fsp3) is 0.120. The second-order valence-electron chi connectivity index (χ2n) is 7.16. The Morgan fingerprint density at radius 3 is 2.29 bits per heavy atom. The van der Waals surface area contributed by atoms with Gasteiger partial charge in [0.25, 0.3) is 5.91 Å². The molecule has 0 bridgehead atoms. The minimum absolute atomic E-state index is 0.120. The second kappa shape index (κ2) is 7.28. The van der Waals surface area contributed by atoms with E-state index in [1.54, 1.807) is 0 Å². The van der Waals surface area contributed by atoms with Crippen molar-refractivity contribution in [3.05, 3.63) is 95.1 Å². The van der Waals surface area contributed by atoms with Crippen LogP contribution in [0.4, 0.5) is 5.69 Å². The first-order valence-electron chi connectivity index (χ1n) is 9.37. The molecule has 3 heteroatoms. The molecule has 0 fully saturated rings. The number of aryl methyl sites for hydroxylation is 3. The predicted molar refractivity (Wildman–Crippen MR) is 116 cm³/mol. The lowest BCUT2D eigenvalue weighted by Gasteiger charge is -2.14. The highest BCUT2D eigenvalue weighted by molar-refractivity contribution is 6.13. The fourth-order valence-corrected chi connectivity index (χ4v) is 3.51. The molecule has 0 spiro atoms. The average molecular weight is 366 g/mol. The molecule has 28 heavy (non-hydrogen) atoms. The van der Waals surface area contributed by atoms with Gasteiger partial charge in [-0.1, -0.05) is 60.2 Å². The lowest BCUT2D eigenvalue weighted by atomic mass is 10.0. The number of aromatic nitrogens is 1. The van der Waals surface area contributed by atoms with E-state index in [1.165, 1.54) is 0 Å². The van der Waals surface area contributed by atoms with E-state index in [1.807, 2.05) is 74.5 Å². The number of fused-ring (bicyclic) bond motifs is 1. The minimum Gasteiger partial charge on any atom is -0.321 e. The van der Waals surface area contributed by atoms with Gasteiger partial charge < -0.3 is 5.32 Å². The summed E-state index contributed by atoms with van der Waals surface area (Å²) in [6.45, 7) is 6.07. The Morgan fingerprint density at radius 1 is 0.821 bits per heavy atom. The summed E-state index contributed by atoms with van der Waals surface area (Å²) >= 11 is 0. The van der Waals surface area contributed by atoms with Gasteiger partial charge in [0.2, 0.25) is 0 Å². The second-order valence-corrected chi connectivity index (χ2v) is 7.16. The predicted octanol–water partition coefficient (Wildman–Crippen LogP) is 6.08. The Bertz CT molecular complexity index is 1170. The number of hydrogen-bond donors (Lipinski definition) is 1. The molecule has 0 unspecified atom stereocenters. The molecule has 0 aliphatic heterocycles. The zero-order chi connectivity index (χ0) is 19.7. The summed E-state index contributed by atoms with van der Waals surface area (Å²) in [6, 6.07) is 23.9. The highest BCUT2D eigenvalue weighted by Crippen LogP contribution is 2.27. The topological polar surface area (TPSA) is 42.0 Å². The van der Waals surface area contributed by atoms with Crippen molar-refractivity contribution in [2.24, 2.45) is 0 Å². The van der Waals surface area contributed by atoms with Crippen molar-refractivity contribution in [3.63, 3.8) is 0 Å². The van der Waals surface area contributed by atoms with E-state index in [4.69, 9.17) is 4.98 Å². The maximum atomic E-state index is 13.2. The molecule has 4 rings (SSSR count). The first kappa shape index (κ1) is 17.9. The molecule has 1 heterocycles. The fourth-order valence-electron chi connectivity index (χ4n) is 3.51. The number of carbonyl (C=O) groups excluding carboxylic acids is 1. The molecule has 1 amide bonds. The van der Waals surface area contributed by atoms with E-state index in [0.717, 1.165) is 44.5 Å². The molecule has 1 aromatic heterocycles.